The van der Waals surface area contributed by atoms with Gasteiger partial charge in [0.1, 0.15) is 0 Å². The highest BCUT2D eigenvalue weighted by atomic mass is 32.1. The Morgan fingerprint density at radius 2 is 1.96 bits per heavy atom. The SMILES string of the molecule is CCc1nc(CN2CCN(C(=O)C(N)Cc3ccccc3)CC2)cs1. The molecule has 0 saturated carbocycles. The van der Waals surface area contributed by atoms with Crippen LogP contribution in [0.4, 0.5) is 0 Å². The maximum Gasteiger partial charge on any atom is 0.239 e. The summed E-state index contributed by atoms with van der Waals surface area (Å²) in [5.41, 5.74) is 8.39. The number of nitrogens with two attached hydrogens (primary N) is 1. The zero-order valence-electron chi connectivity index (χ0n) is 14.7. The van der Waals surface area contributed by atoms with E-state index in [-0.39, 0.29) is 5.91 Å². The number of aromatic nitrogens is 1. The molecule has 0 spiro atoms. The van der Waals surface area contributed by atoms with Gasteiger partial charge in [0.25, 0.3) is 0 Å². The smallest absolute Gasteiger partial charge is 0.239 e. The Morgan fingerprint density at radius 1 is 1.24 bits per heavy atom. The van der Waals surface area contributed by atoms with Crippen LogP contribution in [0.3, 0.4) is 0 Å². The van der Waals surface area contributed by atoms with Crippen molar-refractivity contribution >= 4 is 17.2 Å². The Hall–Kier alpha value is -1.76. The van der Waals surface area contributed by atoms with E-state index in [1.807, 2.05) is 35.2 Å². The molecule has 0 radical (unpaired) electrons. The number of nitrogens with zero attached hydrogens (tertiary/aromatic N) is 3. The van der Waals surface area contributed by atoms with E-state index in [1.165, 1.54) is 5.01 Å². The van der Waals surface area contributed by atoms with Crippen molar-refractivity contribution in [2.45, 2.75) is 32.4 Å². The van der Waals surface area contributed by atoms with Crippen LogP contribution in [0, 0.1) is 0 Å². The highest BCUT2D eigenvalue weighted by molar-refractivity contribution is 7.09. The molecule has 1 unspecified atom stereocenters. The largest absolute Gasteiger partial charge is 0.339 e. The molecule has 1 amide bonds. The average molecular weight is 359 g/mol. The maximum absolute atomic E-state index is 12.6. The minimum absolute atomic E-state index is 0.0606. The molecule has 2 N–H and O–H groups in total. The van der Waals surface area contributed by atoms with E-state index in [2.05, 4.69) is 22.2 Å². The van der Waals surface area contributed by atoms with Gasteiger partial charge in [-0.05, 0) is 18.4 Å². The Morgan fingerprint density at radius 3 is 2.60 bits per heavy atom. The molecule has 1 fully saturated rings. The Balaban J connectivity index is 1.47. The van der Waals surface area contributed by atoms with E-state index in [1.54, 1.807) is 11.3 Å². The Labute approximate surface area is 153 Å². The first-order valence-corrected chi connectivity index (χ1v) is 9.77. The van der Waals surface area contributed by atoms with Crippen LogP contribution in [-0.4, -0.2) is 52.9 Å². The standard InChI is InChI=1S/C19H26N4OS/c1-2-18-21-16(14-25-18)13-22-8-10-23(11-9-22)19(24)17(20)12-15-6-4-3-5-7-15/h3-7,14,17H,2,8-13,20H2,1H3. The van der Waals surface area contributed by atoms with Gasteiger partial charge in [-0.3, -0.25) is 9.69 Å². The third-order valence-electron chi connectivity index (χ3n) is 4.59. The van der Waals surface area contributed by atoms with Crippen molar-refractivity contribution in [3.8, 4) is 0 Å². The maximum atomic E-state index is 12.6. The number of piperazine rings is 1. The number of carbonyl (C=O) groups is 1. The van der Waals surface area contributed by atoms with E-state index in [0.717, 1.165) is 50.4 Å². The van der Waals surface area contributed by atoms with Crippen molar-refractivity contribution in [2.24, 2.45) is 5.73 Å². The van der Waals surface area contributed by atoms with Gasteiger partial charge in [0.05, 0.1) is 16.7 Å². The van der Waals surface area contributed by atoms with Crippen LogP contribution in [0.1, 0.15) is 23.2 Å². The number of hydrogen-bond donors (Lipinski definition) is 1. The number of rotatable bonds is 6. The molecule has 2 aromatic rings. The fourth-order valence-corrected chi connectivity index (χ4v) is 3.87. The molecule has 2 heterocycles. The van der Waals surface area contributed by atoms with Gasteiger partial charge in [-0.1, -0.05) is 37.3 Å². The summed E-state index contributed by atoms with van der Waals surface area (Å²) < 4.78 is 0. The zero-order chi connectivity index (χ0) is 17.6. The summed E-state index contributed by atoms with van der Waals surface area (Å²) in [7, 11) is 0. The predicted molar refractivity (Wildman–Crippen MR) is 101 cm³/mol. The van der Waals surface area contributed by atoms with Crippen molar-refractivity contribution in [3.05, 3.63) is 52.0 Å². The molecule has 1 aromatic heterocycles. The van der Waals surface area contributed by atoms with Gasteiger partial charge >= 0.3 is 0 Å². The number of amides is 1. The minimum atomic E-state index is -0.459. The van der Waals surface area contributed by atoms with E-state index >= 15 is 0 Å². The molecule has 5 nitrogen and oxygen atoms in total. The fourth-order valence-electron chi connectivity index (χ4n) is 3.13. The number of benzene rings is 1. The highest BCUT2D eigenvalue weighted by Gasteiger charge is 2.25. The van der Waals surface area contributed by atoms with Crippen molar-refractivity contribution in [1.29, 1.82) is 0 Å². The quantitative estimate of drug-likeness (QED) is 0.857. The number of aryl methyl sites for hydroxylation is 1. The first-order chi connectivity index (χ1) is 12.2. The molecule has 6 heteroatoms. The van der Waals surface area contributed by atoms with E-state index in [0.29, 0.717) is 6.42 Å². The van der Waals surface area contributed by atoms with Crippen LogP contribution in [0.25, 0.3) is 0 Å². The third kappa shape index (κ3) is 4.87. The second-order valence-corrected chi connectivity index (χ2v) is 7.43. The lowest BCUT2D eigenvalue weighted by atomic mass is 10.1. The molecule has 1 atom stereocenters. The summed E-state index contributed by atoms with van der Waals surface area (Å²) in [5, 5.41) is 3.34. The molecule has 134 valence electrons. The molecule has 0 aliphatic carbocycles. The van der Waals surface area contributed by atoms with E-state index < -0.39 is 6.04 Å². The van der Waals surface area contributed by atoms with Gasteiger partial charge in [-0.15, -0.1) is 11.3 Å². The molecule has 1 aliphatic rings. The minimum Gasteiger partial charge on any atom is -0.339 e. The van der Waals surface area contributed by atoms with E-state index in [4.69, 9.17) is 5.73 Å². The van der Waals surface area contributed by atoms with Crippen LogP contribution in [-0.2, 0) is 24.2 Å². The van der Waals surface area contributed by atoms with Gasteiger partial charge in [-0.25, -0.2) is 4.98 Å². The van der Waals surface area contributed by atoms with Crippen molar-refractivity contribution < 1.29 is 4.79 Å². The summed E-state index contributed by atoms with van der Waals surface area (Å²) in [6, 6.07) is 9.51. The molecule has 25 heavy (non-hydrogen) atoms. The van der Waals surface area contributed by atoms with E-state index in [9.17, 15) is 4.79 Å². The number of thiazole rings is 1. The summed E-state index contributed by atoms with van der Waals surface area (Å²) in [6.07, 6.45) is 1.59. The average Bonchev–Trinajstić information content (AvgIpc) is 3.10. The summed E-state index contributed by atoms with van der Waals surface area (Å²) in [4.78, 5) is 21.5. The topological polar surface area (TPSA) is 62.5 Å². The molecule has 3 rings (SSSR count). The van der Waals surface area contributed by atoms with Crippen molar-refractivity contribution in [2.75, 3.05) is 26.2 Å². The molecule has 1 saturated heterocycles. The van der Waals surface area contributed by atoms with Crippen molar-refractivity contribution in [1.82, 2.24) is 14.8 Å². The molecule has 1 aliphatic heterocycles. The summed E-state index contributed by atoms with van der Waals surface area (Å²) in [6.45, 7) is 6.24. The predicted octanol–water partition coefficient (Wildman–Crippen LogP) is 1.92. The first kappa shape index (κ1) is 18.0. The number of carbonyl (C=O) groups excluding carboxylic acids is 1. The van der Waals surface area contributed by atoms with Gasteiger partial charge in [0.15, 0.2) is 0 Å². The fraction of sp³-hybridized carbons (Fsp3) is 0.474. The second-order valence-electron chi connectivity index (χ2n) is 6.48. The lowest BCUT2D eigenvalue weighted by molar-refractivity contribution is -0.134. The van der Waals surface area contributed by atoms with Gasteiger partial charge in [0, 0.05) is 38.1 Å². The van der Waals surface area contributed by atoms with Gasteiger partial charge in [-0.2, -0.15) is 0 Å². The Bertz CT molecular complexity index is 680. The molecular formula is C19H26N4OS. The van der Waals surface area contributed by atoms with Crippen LogP contribution >= 0.6 is 11.3 Å². The second kappa shape index (κ2) is 8.56. The zero-order valence-corrected chi connectivity index (χ0v) is 15.5. The monoisotopic (exact) mass is 358 g/mol. The normalized spacial score (nSPS) is 16.8. The van der Waals surface area contributed by atoms with Crippen molar-refractivity contribution in [3.63, 3.8) is 0 Å². The number of hydrogen-bond acceptors (Lipinski definition) is 5. The van der Waals surface area contributed by atoms with Crippen LogP contribution < -0.4 is 5.73 Å². The van der Waals surface area contributed by atoms with Gasteiger partial charge < -0.3 is 10.6 Å². The van der Waals surface area contributed by atoms with Crippen LogP contribution in [0.2, 0.25) is 0 Å². The van der Waals surface area contributed by atoms with Crippen LogP contribution in [0.15, 0.2) is 35.7 Å². The van der Waals surface area contributed by atoms with Crippen LogP contribution in [0.5, 0.6) is 0 Å². The molecule has 1 aromatic carbocycles. The lowest BCUT2D eigenvalue weighted by Crippen LogP contribution is -2.53. The summed E-state index contributed by atoms with van der Waals surface area (Å²) in [5.74, 6) is 0.0606. The summed E-state index contributed by atoms with van der Waals surface area (Å²) >= 11 is 1.73. The Kier molecular flexibility index (Phi) is 6.18. The molecule has 0 bridgehead atoms. The van der Waals surface area contributed by atoms with Gasteiger partial charge in [0.2, 0.25) is 5.91 Å². The lowest BCUT2D eigenvalue weighted by Gasteiger charge is -2.35. The highest BCUT2D eigenvalue weighted by Crippen LogP contribution is 2.14. The third-order valence-corrected chi connectivity index (χ3v) is 5.63. The first-order valence-electron chi connectivity index (χ1n) is 8.89. The molecular weight excluding hydrogens is 332 g/mol.